The number of rotatable bonds is 8. The molecule has 2 aromatic carbocycles. The molecule has 0 atom stereocenters. The average Bonchev–Trinajstić information content (AvgIpc) is 2.76. The Morgan fingerprint density at radius 2 is 1.97 bits per heavy atom. The SMILES string of the molecule is CN=C(NCc1ccccc1OCCN1CCOCC1)N(C)Cc1cccc(F)c1.I. The molecule has 1 heterocycles. The van der Waals surface area contributed by atoms with E-state index in [0.29, 0.717) is 19.7 Å². The molecule has 1 aliphatic rings. The molecule has 170 valence electrons. The fourth-order valence-corrected chi connectivity index (χ4v) is 3.44. The van der Waals surface area contributed by atoms with Crippen LogP contribution in [-0.2, 0) is 17.8 Å². The second kappa shape index (κ2) is 13.5. The number of halogens is 2. The van der Waals surface area contributed by atoms with Crippen molar-refractivity contribution < 1.29 is 13.9 Å². The summed E-state index contributed by atoms with van der Waals surface area (Å²) in [4.78, 5) is 8.68. The molecule has 0 aliphatic carbocycles. The minimum absolute atomic E-state index is 0. The maximum atomic E-state index is 13.4. The Labute approximate surface area is 201 Å². The minimum atomic E-state index is -0.230. The molecule has 31 heavy (non-hydrogen) atoms. The van der Waals surface area contributed by atoms with Crippen molar-refractivity contribution in [2.45, 2.75) is 13.1 Å². The van der Waals surface area contributed by atoms with Crippen molar-refractivity contribution in [3.8, 4) is 5.75 Å². The number of guanidine groups is 1. The molecular weight excluding hydrogens is 510 g/mol. The zero-order valence-electron chi connectivity index (χ0n) is 18.2. The van der Waals surface area contributed by atoms with Crippen molar-refractivity contribution in [1.82, 2.24) is 15.1 Å². The number of hydrogen-bond donors (Lipinski definition) is 1. The third-order valence-electron chi connectivity index (χ3n) is 5.06. The molecular formula is C23H32FIN4O2. The van der Waals surface area contributed by atoms with E-state index < -0.39 is 0 Å². The van der Waals surface area contributed by atoms with E-state index in [1.54, 1.807) is 19.2 Å². The van der Waals surface area contributed by atoms with Crippen LogP contribution < -0.4 is 10.1 Å². The Kier molecular flexibility index (Phi) is 11.0. The van der Waals surface area contributed by atoms with Crippen molar-refractivity contribution >= 4 is 29.9 Å². The molecule has 0 spiro atoms. The number of hydrogen-bond acceptors (Lipinski definition) is 4. The summed E-state index contributed by atoms with van der Waals surface area (Å²) < 4.78 is 24.9. The summed E-state index contributed by atoms with van der Waals surface area (Å²) in [6, 6.07) is 14.7. The zero-order valence-corrected chi connectivity index (χ0v) is 20.6. The lowest BCUT2D eigenvalue weighted by molar-refractivity contribution is 0.0322. The average molecular weight is 542 g/mol. The van der Waals surface area contributed by atoms with E-state index in [0.717, 1.165) is 55.7 Å². The van der Waals surface area contributed by atoms with Gasteiger partial charge in [0, 0.05) is 52.4 Å². The zero-order chi connectivity index (χ0) is 21.2. The fourth-order valence-electron chi connectivity index (χ4n) is 3.44. The van der Waals surface area contributed by atoms with E-state index >= 15 is 0 Å². The molecule has 0 saturated carbocycles. The number of nitrogens with zero attached hydrogens (tertiary/aromatic N) is 3. The largest absolute Gasteiger partial charge is 0.492 e. The van der Waals surface area contributed by atoms with Gasteiger partial charge in [-0.3, -0.25) is 9.89 Å². The highest BCUT2D eigenvalue weighted by Crippen LogP contribution is 2.18. The summed E-state index contributed by atoms with van der Waals surface area (Å²) >= 11 is 0. The Hall–Kier alpha value is -1.91. The van der Waals surface area contributed by atoms with Crippen LogP contribution in [0.2, 0.25) is 0 Å². The third-order valence-corrected chi connectivity index (χ3v) is 5.06. The lowest BCUT2D eigenvalue weighted by Gasteiger charge is -2.26. The van der Waals surface area contributed by atoms with Crippen molar-refractivity contribution in [2.75, 3.05) is 53.6 Å². The maximum absolute atomic E-state index is 13.4. The predicted molar refractivity (Wildman–Crippen MR) is 133 cm³/mol. The van der Waals surface area contributed by atoms with Crippen LogP contribution in [0, 0.1) is 5.82 Å². The van der Waals surface area contributed by atoms with Gasteiger partial charge in [0.2, 0.25) is 0 Å². The number of benzene rings is 2. The van der Waals surface area contributed by atoms with Crippen molar-refractivity contribution in [2.24, 2.45) is 4.99 Å². The van der Waals surface area contributed by atoms with E-state index in [-0.39, 0.29) is 29.8 Å². The van der Waals surface area contributed by atoms with Crippen LogP contribution in [-0.4, -0.2) is 69.3 Å². The Morgan fingerprint density at radius 1 is 1.19 bits per heavy atom. The first-order valence-corrected chi connectivity index (χ1v) is 10.3. The molecule has 3 rings (SSSR count). The Balaban J connectivity index is 0.00000341. The van der Waals surface area contributed by atoms with Crippen LogP contribution >= 0.6 is 24.0 Å². The molecule has 0 radical (unpaired) electrons. The first kappa shape index (κ1) is 25.4. The van der Waals surface area contributed by atoms with Gasteiger partial charge in [0.25, 0.3) is 0 Å². The van der Waals surface area contributed by atoms with E-state index in [1.807, 2.05) is 36.2 Å². The van der Waals surface area contributed by atoms with Crippen molar-refractivity contribution in [3.05, 3.63) is 65.5 Å². The first-order chi connectivity index (χ1) is 14.7. The predicted octanol–water partition coefficient (Wildman–Crippen LogP) is 3.36. The summed E-state index contributed by atoms with van der Waals surface area (Å²) in [7, 11) is 3.68. The summed E-state index contributed by atoms with van der Waals surface area (Å²) in [5.41, 5.74) is 1.96. The third kappa shape index (κ3) is 8.27. The van der Waals surface area contributed by atoms with Gasteiger partial charge in [-0.15, -0.1) is 24.0 Å². The van der Waals surface area contributed by atoms with E-state index in [9.17, 15) is 4.39 Å². The molecule has 8 heteroatoms. The topological polar surface area (TPSA) is 49.3 Å². The maximum Gasteiger partial charge on any atom is 0.193 e. The standard InChI is InChI=1S/C23H31FN4O2.HI/c1-25-23(27(2)18-19-6-5-8-21(24)16-19)26-17-20-7-3-4-9-22(20)30-15-12-28-10-13-29-14-11-28;/h3-9,16H,10-15,17-18H2,1-2H3,(H,25,26);1H. The summed E-state index contributed by atoms with van der Waals surface area (Å²) in [6.45, 7) is 6.20. The highest BCUT2D eigenvalue weighted by Gasteiger charge is 2.12. The molecule has 0 aromatic heterocycles. The second-order valence-electron chi connectivity index (χ2n) is 7.30. The number of morpholine rings is 1. The van der Waals surface area contributed by atoms with Gasteiger partial charge < -0.3 is 19.7 Å². The van der Waals surface area contributed by atoms with Gasteiger partial charge in [-0.05, 0) is 23.8 Å². The number of aliphatic imine (C=N–C) groups is 1. The summed E-state index contributed by atoms with van der Waals surface area (Å²) in [5, 5.41) is 3.38. The first-order valence-electron chi connectivity index (χ1n) is 10.3. The lowest BCUT2D eigenvalue weighted by atomic mass is 10.2. The van der Waals surface area contributed by atoms with E-state index in [4.69, 9.17) is 9.47 Å². The Bertz CT molecular complexity index is 831. The van der Waals surface area contributed by atoms with Crippen LogP contribution in [0.4, 0.5) is 4.39 Å². The quantitative estimate of drug-likeness (QED) is 0.315. The van der Waals surface area contributed by atoms with E-state index in [1.165, 1.54) is 6.07 Å². The molecule has 0 bridgehead atoms. The van der Waals surface area contributed by atoms with E-state index in [2.05, 4.69) is 21.3 Å². The van der Waals surface area contributed by atoms with Crippen LogP contribution in [0.3, 0.4) is 0 Å². The van der Waals surface area contributed by atoms with Crippen molar-refractivity contribution in [3.63, 3.8) is 0 Å². The number of nitrogens with one attached hydrogen (secondary N) is 1. The highest BCUT2D eigenvalue weighted by molar-refractivity contribution is 14.0. The summed E-state index contributed by atoms with van der Waals surface area (Å²) in [5.74, 6) is 1.39. The highest BCUT2D eigenvalue weighted by atomic mass is 127. The number of para-hydroxylation sites is 1. The molecule has 1 N–H and O–H groups in total. The van der Waals surface area contributed by atoms with Gasteiger partial charge in [0.05, 0.1) is 13.2 Å². The summed E-state index contributed by atoms with van der Waals surface area (Å²) in [6.07, 6.45) is 0. The molecule has 1 aliphatic heterocycles. The number of ether oxygens (including phenoxy) is 2. The van der Waals surface area contributed by atoms with Crippen LogP contribution in [0.25, 0.3) is 0 Å². The Morgan fingerprint density at radius 3 is 2.71 bits per heavy atom. The lowest BCUT2D eigenvalue weighted by Crippen LogP contribution is -2.39. The van der Waals surface area contributed by atoms with Gasteiger partial charge in [-0.2, -0.15) is 0 Å². The van der Waals surface area contributed by atoms with Crippen LogP contribution in [0.15, 0.2) is 53.5 Å². The fraction of sp³-hybridized carbons (Fsp3) is 0.435. The molecule has 1 saturated heterocycles. The molecule has 1 fully saturated rings. The molecule has 6 nitrogen and oxygen atoms in total. The normalized spacial score (nSPS) is 14.6. The van der Waals surface area contributed by atoms with Gasteiger partial charge >= 0.3 is 0 Å². The van der Waals surface area contributed by atoms with Gasteiger partial charge in [-0.1, -0.05) is 30.3 Å². The second-order valence-corrected chi connectivity index (χ2v) is 7.30. The molecule has 2 aromatic rings. The van der Waals surface area contributed by atoms with Gasteiger partial charge in [0.1, 0.15) is 18.2 Å². The monoisotopic (exact) mass is 542 g/mol. The van der Waals surface area contributed by atoms with Gasteiger partial charge in [-0.25, -0.2) is 4.39 Å². The van der Waals surface area contributed by atoms with Crippen LogP contribution in [0.1, 0.15) is 11.1 Å². The van der Waals surface area contributed by atoms with Crippen LogP contribution in [0.5, 0.6) is 5.75 Å². The molecule has 0 unspecified atom stereocenters. The van der Waals surface area contributed by atoms with Crippen molar-refractivity contribution in [1.29, 1.82) is 0 Å². The molecule has 0 amide bonds. The van der Waals surface area contributed by atoms with Gasteiger partial charge in [0.15, 0.2) is 5.96 Å². The minimum Gasteiger partial charge on any atom is -0.492 e. The smallest absolute Gasteiger partial charge is 0.193 e.